The van der Waals surface area contributed by atoms with Gasteiger partial charge in [-0.05, 0) is 38.8 Å². The van der Waals surface area contributed by atoms with Gasteiger partial charge in [0.1, 0.15) is 0 Å². The number of allylic oxidation sites excluding steroid dienone is 1. The minimum atomic E-state index is -4.58. The van der Waals surface area contributed by atoms with E-state index in [1.807, 2.05) is 6.08 Å². The summed E-state index contributed by atoms with van der Waals surface area (Å²) in [7, 11) is -4.58. The summed E-state index contributed by atoms with van der Waals surface area (Å²) in [5.74, 6) is 0. The number of aliphatic hydroxyl groups excluding tert-OH is 1. The highest BCUT2D eigenvalue weighted by atomic mass is 31.2. The number of nitro benzene ring substituents is 2. The third kappa shape index (κ3) is 14.8. The lowest BCUT2D eigenvalue weighted by Crippen LogP contribution is -2.37. The Morgan fingerprint density at radius 2 is 1.21 bits per heavy atom. The number of benzene rings is 2. The molecule has 0 aromatic heterocycles. The molecule has 13 heteroatoms. The van der Waals surface area contributed by atoms with E-state index in [9.17, 15) is 29.9 Å². The number of nitrogens with zero attached hydrogens (tertiary/aromatic N) is 2. The van der Waals surface area contributed by atoms with Crippen LogP contribution in [0.25, 0.3) is 0 Å². The molecule has 2 aromatic rings. The van der Waals surface area contributed by atoms with Crippen molar-refractivity contribution in [1.29, 1.82) is 0 Å². The van der Waals surface area contributed by atoms with Crippen LogP contribution in [0.15, 0.2) is 60.7 Å². The quantitative estimate of drug-likeness (QED) is 0.0338. The van der Waals surface area contributed by atoms with Crippen molar-refractivity contribution in [2.24, 2.45) is 5.73 Å². The maximum absolute atomic E-state index is 14.0. The zero-order chi connectivity index (χ0) is 34.7. The van der Waals surface area contributed by atoms with Gasteiger partial charge in [0.05, 0.1) is 51.9 Å². The molecule has 0 aliphatic rings. The minimum Gasteiger partial charge on any atom is -0.387 e. The Balaban J connectivity index is 1.98. The molecule has 4 atom stereocenters. The Hall–Kier alpha value is -2.99. The maximum atomic E-state index is 14.0. The largest absolute Gasteiger partial charge is 0.476 e. The van der Waals surface area contributed by atoms with Gasteiger partial charge in [-0.3, -0.25) is 33.8 Å². The second-order valence-electron chi connectivity index (χ2n) is 11.8. The van der Waals surface area contributed by atoms with E-state index in [1.54, 1.807) is 18.2 Å². The average Bonchev–Trinajstić information content (AvgIpc) is 3.05. The van der Waals surface area contributed by atoms with Crippen LogP contribution < -0.4 is 5.73 Å². The number of hydrogen-bond acceptors (Lipinski definition) is 10. The van der Waals surface area contributed by atoms with Crippen molar-refractivity contribution in [2.45, 2.75) is 122 Å². The van der Waals surface area contributed by atoms with Crippen molar-refractivity contribution in [3.63, 3.8) is 0 Å². The van der Waals surface area contributed by atoms with Crippen molar-refractivity contribution in [3.05, 3.63) is 92.0 Å². The summed E-state index contributed by atoms with van der Waals surface area (Å²) >= 11 is 0. The van der Waals surface area contributed by atoms with E-state index in [2.05, 4.69) is 6.92 Å². The van der Waals surface area contributed by atoms with E-state index < -0.39 is 48.6 Å². The molecule has 47 heavy (non-hydrogen) atoms. The molecule has 0 fully saturated rings. The Labute approximate surface area is 278 Å². The van der Waals surface area contributed by atoms with Gasteiger partial charge in [0, 0.05) is 12.1 Å². The molecule has 0 bridgehead atoms. The number of hydrogen-bond donors (Lipinski definition) is 2. The van der Waals surface area contributed by atoms with Gasteiger partial charge in [-0.25, -0.2) is 4.57 Å². The van der Waals surface area contributed by atoms with Gasteiger partial charge in [0.25, 0.3) is 11.4 Å². The molecular formula is C34H52N3O9P. The average molecular weight is 678 g/mol. The molecule has 12 nitrogen and oxygen atoms in total. The standard InChI is InChI=1S/C34H52N3O9P/c1-4-5-6-7-8-9-10-11-12-13-14-15-16-25-34(38)31(35)26-44-47(43,45-27(2)29-21-17-19-23-32(29)36(39)40)46-28(3)30-22-18-20-24-33(30)37(41)42/h16-25,27-28,31,34,38H,4-15,26,35H2,1-3H3. The first-order valence-electron chi connectivity index (χ1n) is 16.7. The molecule has 4 unspecified atom stereocenters. The summed E-state index contributed by atoms with van der Waals surface area (Å²) in [5, 5.41) is 33.8. The molecule has 0 aliphatic heterocycles. The van der Waals surface area contributed by atoms with Crippen LogP contribution in [0.3, 0.4) is 0 Å². The third-order valence-corrected chi connectivity index (χ3v) is 9.50. The molecule has 0 heterocycles. The molecule has 0 saturated heterocycles. The summed E-state index contributed by atoms with van der Waals surface area (Å²) in [6.45, 7) is 4.67. The highest BCUT2D eigenvalue weighted by molar-refractivity contribution is 7.48. The fourth-order valence-electron chi connectivity index (χ4n) is 5.16. The Bertz CT molecular complexity index is 1240. The fraction of sp³-hybridized carbons (Fsp3) is 0.588. The Kier molecular flexibility index (Phi) is 18.6. The van der Waals surface area contributed by atoms with E-state index >= 15 is 0 Å². The van der Waals surface area contributed by atoms with Gasteiger partial charge < -0.3 is 10.8 Å². The predicted molar refractivity (Wildman–Crippen MR) is 183 cm³/mol. The SMILES string of the molecule is CCCCCCCCCCCCCC=CC(O)C(N)COP(=O)(OC(C)c1ccccc1[N+](=O)[O-])OC(C)c1ccccc1[N+](=O)[O-]. The van der Waals surface area contributed by atoms with E-state index in [0.717, 1.165) is 19.3 Å². The molecule has 0 radical (unpaired) electrons. The molecule has 3 N–H and O–H groups in total. The Morgan fingerprint density at radius 3 is 1.66 bits per heavy atom. The first-order valence-corrected chi connectivity index (χ1v) is 18.1. The van der Waals surface area contributed by atoms with Gasteiger partial charge >= 0.3 is 7.82 Å². The molecule has 2 rings (SSSR count). The molecule has 2 aromatic carbocycles. The van der Waals surface area contributed by atoms with Crippen LogP contribution >= 0.6 is 7.82 Å². The lowest BCUT2D eigenvalue weighted by atomic mass is 10.0. The first kappa shape index (κ1) is 40.2. The number of para-hydroxylation sites is 2. The number of rotatable bonds is 25. The normalized spacial score (nSPS) is 15.6. The van der Waals surface area contributed by atoms with E-state index in [4.69, 9.17) is 19.3 Å². The van der Waals surface area contributed by atoms with E-state index in [0.29, 0.717) is 0 Å². The molecule has 0 aliphatic carbocycles. The fourth-order valence-corrected chi connectivity index (χ4v) is 6.69. The number of aliphatic hydroxyl groups is 1. The van der Waals surface area contributed by atoms with Gasteiger partial charge in [-0.2, -0.15) is 0 Å². The van der Waals surface area contributed by atoms with Gasteiger partial charge in [-0.1, -0.05) is 108 Å². The second kappa shape index (κ2) is 21.8. The topological polar surface area (TPSA) is 177 Å². The van der Waals surface area contributed by atoms with Crippen LogP contribution in [0, 0.1) is 20.2 Å². The summed E-state index contributed by atoms with van der Waals surface area (Å²) < 4.78 is 31.0. The van der Waals surface area contributed by atoms with Crippen molar-refractivity contribution in [2.75, 3.05) is 6.61 Å². The first-order chi connectivity index (χ1) is 22.5. The lowest BCUT2D eigenvalue weighted by Gasteiger charge is -2.26. The lowest BCUT2D eigenvalue weighted by molar-refractivity contribution is -0.386. The monoisotopic (exact) mass is 677 g/mol. The molecule has 0 saturated carbocycles. The molecule has 0 spiro atoms. The van der Waals surface area contributed by atoms with Crippen LogP contribution in [0.2, 0.25) is 0 Å². The number of phosphoric acid groups is 1. The summed E-state index contributed by atoms with van der Waals surface area (Å²) in [6, 6.07) is 10.6. The highest BCUT2D eigenvalue weighted by Gasteiger charge is 2.37. The van der Waals surface area contributed by atoms with Crippen molar-refractivity contribution in [1.82, 2.24) is 0 Å². The van der Waals surface area contributed by atoms with Crippen molar-refractivity contribution in [3.8, 4) is 0 Å². The van der Waals surface area contributed by atoms with Crippen LogP contribution in [0.4, 0.5) is 11.4 Å². The number of phosphoric ester groups is 1. The summed E-state index contributed by atoms with van der Waals surface area (Å²) in [4.78, 5) is 22.0. The van der Waals surface area contributed by atoms with Gasteiger partial charge in [-0.15, -0.1) is 0 Å². The molecular weight excluding hydrogens is 625 g/mol. The van der Waals surface area contributed by atoms with Crippen molar-refractivity contribution < 1.29 is 33.1 Å². The highest BCUT2D eigenvalue weighted by Crippen LogP contribution is 2.57. The van der Waals surface area contributed by atoms with Crippen LogP contribution in [-0.2, 0) is 18.1 Å². The number of unbranched alkanes of at least 4 members (excludes halogenated alkanes) is 11. The minimum absolute atomic E-state index is 0.123. The number of nitrogens with two attached hydrogens (primary N) is 1. The van der Waals surface area contributed by atoms with Crippen LogP contribution in [0.5, 0.6) is 0 Å². The van der Waals surface area contributed by atoms with Gasteiger partial charge in [0.15, 0.2) is 0 Å². The third-order valence-electron chi connectivity index (χ3n) is 7.89. The van der Waals surface area contributed by atoms with E-state index in [1.165, 1.54) is 108 Å². The Morgan fingerprint density at radius 1 is 0.787 bits per heavy atom. The van der Waals surface area contributed by atoms with Crippen LogP contribution in [0.1, 0.15) is 121 Å². The summed E-state index contributed by atoms with van der Waals surface area (Å²) in [6.07, 6.45) is 14.5. The predicted octanol–water partition coefficient (Wildman–Crippen LogP) is 9.43. The molecule has 262 valence electrons. The van der Waals surface area contributed by atoms with Crippen LogP contribution in [-0.4, -0.2) is 33.7 Å². The number of nitro groups is 2. The smallest absolute Gasteiger partial charge is 0.387 e. The molecule has 0 amide bonds. The van der Waals surface area contributed by atoms with Crippen molar-refractivity contribution >= 4 is 19.2 Å². The van der Waals surface area contributed by atoms with E-state index in [-0.39, 0.29) is 22.5 Å². The zero-order valence-electron chi connectivity index (χ0n) is 27.9. The summed E-state index contributed by atoms with van der Waals surface area (Å²) in [5.41, 5.74) is 5.88. The van der Waals surface area contributed by atoms with Gasteiger partial charge in [0.2, 0.25) is 0 Å². The maximum Gasteiger partial charge on any atom is 0.476 e. The second-order valence-corrected chi connectivity index (χ2v) is 13.4. The zero-order valence-corrected chi connectivity index (χ0v) is 28.8.